The Balaban J connectivity index is 1.53. The Morgan fingerprint density at radius 1 is 1.15 bits per heavy atom. The van der Waals surface area contributed by atoms with Crippen molar-refractivity contribution in [3.63, 3.8) is 0 Å². The Hall–Kier alpha value is -3.55. The number of carbonyl (C=O) groups excluding carboxylic acids is 1. The molecule has 1 amide bonds. The van der Waals surface area contributed by atoms with Crippen LogP contribution in [0.1, 0.15) is 29.1 Å². The summed E-state index contributed by atoms with van der Waals surface area (Å²) in [7, 11) is 0. The Kier molecular flexibility index (Phi) is 4.14. The highest BCUT2D eigenvalue weighted by atomic mass is 16.4. The standard InChI is InChI=1S/C18H16N6O2/c1-2-15-22-23-16(26-15)10-20-18(25)12-8-14-17(19-9-12)24(11-21-14)13-6-4-3-5-7-13/h3-9,11H,2,10H2,1H3,(H,20,25). The van der Waals surface area contributed by atoms with Gasteiger partial charge in [0.25, 0.3) is 5.91 Å². The van der Waals surface area contributed by atoms with Crippen LogP contribution in [0.3, 0.4) is 0 Å². The molecule has 0 bridgehead atoms. The van der Waals surface area contributed by atoms with Crippen molar-refractivity contribution in [1.82, 2.24) is 30.0 Å². The van der Waals surface area contributed by atoms with E-state index in [4.69, 9.17) is 4.42 Å². The maximum atomic E-state index is 12.3. The van der Waals surface area contributed by atoms with Crippen LogP contribution in [-0.2, 0) is 13.0 Å². The van der Waals surface area contributed by atoms with E-state index >= 15 is 0 Å². The molecule has 4 aromatic rings. The average molecular weight is 348 g/mol. The van der Waals surface area contributed by atoms with Crippen molar-refractivity contribution in [1.29, 1.82) is 0 Å². The molecule has 3 heterocycles. The molecule has 0 atom stereocenters. The molecule has 26 heavy (non-hydrogen) atoms. The van der Waals surface area contributed by atoms with E-state index in [-0.39, 0.29) is 12.5 Å². The number of aryl methyl sites for hydroxylation is 1. The van der Waals surface area contributed by atoms with Crippen molar-refractivity contribution in [3.8, 4) is 5.69 Å². The number of benzene rings is 1. The summed E-state index contributed by atoms with van der Waals surface area (Å²) < 4.78 is 7.25. The predicted molar refractivity (Wildman–Crippen MR) is 93.7 cm³/mol. The van der Waals surface area contributed by atoms with Crippen molar-refractivity contribution in [2.45, 2.75) is 19.9 Å². The molecular weight excluding hydrogens is 332 g/mol. The van der Waals surface area contributed by atoms with Gasteiger partial charge in [0.05, 0.1) is 12.1 Å². The number of aromatic nitrogens is 5. The quantitative estimate of drug-likeness (QED) is 0.594. The van der Waals surface area contributed by atoms with Crippen LogP contribution in [0, 0.1) is 0 Å². The van der Waals surface area contributed by atoms with E-state index in [2.05, 4.69) is 25.5 Å². The summed E-state index contributed by atoms with van der Waals surface area (Å²) in [5.41, 5.74) is 2.72. The van der Waals surface area contributed by atoms with E-state index in [1.54, 1.807) is 12.4 Å². The molecule has 1 N–H and O–H groups in total. The van der Waals surface area contributed by atoms with Gasteiger partial charge in [0.2, 0.25) is 11.8 Å². The second kappa shape index (κ2) is 6.75. The van der Waals surface area contributed by atoms with Crippen LogP contribution in [0.2, 0.25) is 0 Å². The van der Waals surface area contributed by atoms with Gasteiger partial charge in [-0.3, -0.25) is 9.36 Å². The molecule has 1 aromatic carbocycles. The lowest BCUT2D eigenvalue weighted by atomic mass is 10.2. The van der Waals surface area contributed by atoms with E-state index in [1.807, 2.05) is 41.8 Å². The van der Waals surface area contributed by atoms with Crippen LogP contribution in [0.4, 0.5) is 0 Å². The van der Waals surface area contributed by atoms with Gasteiger partial charge in [0.15, 0.2) is 5.65 Å². The lowest BCUT2D eigenvalue weighted by Gasteiger charge is -2.04. The Labute approximate surface area is 148 Å². The van der Waals surface area contributed by atoms with Gasteiger partial charge >= 0.3 is 0 Å². The monoisotopic (exact) mass is 348 g/mol. The maximum Gasteiger partial charge on any atom is 0.253 e. The summed E-state index contributed by atoms with van der Waals surface area (Å²) in [6.07, 6.45) is 3.88. The number of nitrogens with zero attached hydrogens (tertiary/aromatic N) is 5. The van der Waals surface area contributed by atoms with E-state index in [9.17, 15) is 4.79 Å². The molecule has 0 spiro atoms. The molecule has 8 nitrogen and oxygen atoms in total. The third-order valence-corrected chi connectivity index (χ3v) is 3.90. The number of imidazole rings is 1. The minimum absolute atomic E-state index is 0.169. The number of hydrogen-bond acceptors (Lipinski definition) is 6. The second-order valence-electron chi connectivity index (χ2n) is 5.64. The fourth-order valence-corrected chi connectivity index (χ4v) is 2.56. The van der Waals surface area contributed by atoms with Crippen molar-refractivity contribution < 1.29 is 9.21 Å². The van der Waals surface area contributed by atoms with Gasteiger partial charge in [-0.1, -0.05) is 25.1 Å². The summed E-state index contributed by atoms with van der Waals surface area (Å²) >= 11 is 0. The number of amides is 1. The third-order valence-electron chi connectivity index (χ3n) is 3.90. The van der Waals surface area contributed by atoms with Crippen LogP contribution >= 0.6 is 0 Å². The smallest absolute Gasteiger partial charge is 0.253 e. The molecule has 0 aliphatic heterocycles. The average Bonchev–Trinajstić information content (AvgIpc) is 3.33. The molecule has 0 unspecified atom stereocenters. The van der Waals surface area contributed by atoms with Crippen LogP contribution < -0.4 is 5.32 Å². The summed E-state index contributed by atoms with van der Waals surface area (Å²) in [6.45, 7) is 2.09. The van der Waals surface area contributed by atoms with Crippen LogP contribution in [0.25, 0.3) is 16.9 Å². The SMILES string of the molecule is CCc1nnc(CNC(=O)c2cnc3c(c2)ncn3-c2ccccc2)o1. The van der Waals surface area contributed by atoms with E-state index in [0.29, 0.717) is 34.9 Å². The number of para-hydroxylation sites is 1. The number of pyridine rings is 1. The van der Waals surface area contributed by atoms with E-state index < -0.39 is 0 Å². The van der Waals surface area contributed by atoms with E-state index in [0.717, 1.165) is 5.69 Å². The van der Waals surface area contributed by atoms with Crippen molar-refractivity contribution in [2.24, 2.45) is 0 Å². The number of fused-ring (bicyclic) bond motifs is 1. The van der Waals surface area contributed by atoms with Gasteiger partial charge in [0.1, 0.15) is 11.8 Å². The summed E-state index contributed by atoms with van der Waals surface area (Å²) in [4.78, 5) is 21.1. The molecule has 130 valence electrons. The number of hydrogen-bond donors (Lipinski definition) is 1. The van der Waals surface area contributed by atoms with Crippen LogP contribution in [0.5, 0.6) is 0 Å². The molecule has 0 saturated carbocycles. The topological polar surface area (TPSA) is 98.7 Å². The molecule has 3 aromatic heterocycles. The largest absolute Gasteiger partial charge is 0.423 e. The highest BCUT2D eigenvalue weighted by Crippen LogP contribution is 2.17. The summed E-state index contributed by atoms with van der Waals surface area (Å²) in [5, 5.41) is 10.5. The predicted octanol–water partition coefficient (Wildman–Crippen LogP) is 2.30. The molecule has 0 aliphatic carbocycles. The zero-order valence-corrected chi connectivity index (χ0v) is 14.1. The van der Waals surface area contributed by atoms with Gasteiger partial charge in [-0.05, 0) is 18.2 Å². The van der Waals surface area contributed by atoms with Gasteiger partial charge in [-0.25, -0.2) is 9.97 Å². The molecule has 0 saturated heterocycles. The van der Waals surface area contributed by atoms with Crippen molar-refractivity contribution >= 4 is 17.1 Å². The summed E-state index contributed by atoms with van der Waals surface area (Å²) in [5.74, 6) is 0.645. The van der Waals surface area contributed by atoms with Crippen LogP contribution in [0.15, 0.2) is 53.3 Å². The Morgan fingerprint density at radius 2 is 1.96 bits per heavy atom. The first-order valence-electron chi connectivity index (χ1n) is 8.22. The Morgan fingerprint density at radius 3 is 2.73 bits per heavy atom. The highest BCUT2D eigenvalue weighted by Gasteiger charge is 2.12. The Bertz CT molecular complexity index is 1050. The minimum atomic E-state index is -0.273. The summed E-state index contributed by atoms with van der Waals surface area (Å²) in [6, 6.07) is 11.5. The number of rotatable bonds is 5. The highest BCUT2D eigenvalue weighted by molar-refractivity contribution is 5.96. The maximum absolute atomic E-state index is 12.3. The fraction of sp³-hybridized carbons (Fsp3) is 0.167. The van der Waals surface area contributed by atoms with Gasteiger partial charge in [-0.2, -0.15) is 0 Å². The number of nitrogens with one attached hydrogen (secondary N) is 1. The molecule has 0 radical (unpaired) electrons. The minimum Gasteiger partial charge on any atom is -0.423 e. The van der Waals surface area contributed by atoms with Gasteiger partial charge in [0, 0.05) is 18.3 Å². The van der Waals surface area contributed by atoms with Gasteiger partial charge in [-0.15, -0.1) is 10.2 Å². The lowest BCUT2D eigenvalue weighted by molar-refractivity contribution is 0.0947. The normalized spacial score (nSPS) is 11.0. The second-order valence-corrected chi connectivity index (χ2v) is 5.64. The first-order valence-corrected chi connectivity index (χ1v) is 8.22. The first-order chi connectivity index (χ1) is 12.7. The fourth-order valence-electron chi connectivity index (χ4n) is 2.56. The van der Waals surface area contributed by atoms with Crippen molar-refractivity contribution in [3.05, 3.63) is 66.3 Å². The molecule has 4 rings (SSSR count). The zero-order chi connectivity index (χ0) is 17.9. The lowest BCUT2D eigenvalue weighted by Crippen LogP contribution is -2.23. The third kappa shape index (κ3) is 3.04. The number of carbonyl (C=O) groups is 1. The first kappa shape index (κ1) is 15.9. The molecule has 0 aliphatic rings. The molecule has 0 fully saturated rings. The van der Waals surface area contributed by atoms with Crippen LogP contribution in [-0.4, -0.2) is 30.6 Å². The molecular formula is C18H16N6O2. The zero-order valence-electron chi connectivity index (χ0n) is 14.1. The van der Waals surface area contributed by atoms with Crippen molar-refractivity contribution in [2.75, 3.05) is 0 Å². The van der Waals surface area contributed by atoms with E-state index in [1.165, 1.54) is 6.20 Å². The molecule has 8 heteroatoms. The van der Waals surface area contributed by atoms with Gasteiger partial charge < -0.3 is 9.73 Å².